The van der Waals surface area contributed by atoms with Crippen molar-refractivity contribution in [1.29, 1.82) is 0 Å². The highest BCUT2D eigenvalue weighted by atomic mass is 16.8. The quantitative estimate of drug-likeness (QED) is 0.258. The number of fused-ring (bicyclic) bond motifs is 1. The Kier molecular flexibility index (Phi) is 6.16. The van der Waals surface area contributed by atoms with Gasteiger partial charge in [-0.2, -0.15) is 0 Å². The number of aliphatic hydroxyl groups excluding tert-OH is 5. The maximum atomic E-state index is 12.0. The Morgan fingerprint density at radius 3 is 2.56 bits per heavy atom. The number of rotatable bonds is 5. The molecule has 0 saturated carbocycles. The molecule has 1 aliphatic carbocycles. The highest BCUT2D eigenvalue weighted by Crippen LogP contribution is 2.44. The van der Waals surface area contributed by atoms with Crippen LogP contribution in [0, 0.1) is 11.8 Å². The van der Waals surface area contributed by atoms with E-state index in [0.717, 1.165) is 0 Å². The van der Waals surface area contributed by atoms with E-state index in [1.807, 2.05) is 0 Å². The van der Waals surface area contributed by atoms with E-state index in [-0.39, 0.29) is 12.5 Å². The lowest BCUT2D eigenvalue weighted by Gasteiger charge is -2.42. The van der Waals surface area contributed by atoms with Gasteiger partial charge in [-0.05, 0) is 12.0 Å². The Labute approximate surface area is 155 Å². The molecular weight excluding hydrogens is 364 g/mol. The first kappa shape index (κ1) is 20.2. The second-order valence-electron chi connectivity index (χ2n) is 6.71. The van der Waals surface area contributed by atoms with Crippen molar-refractivity contribution in [3.05, 3.63) is 23.5 Å². The standard InChI is InChI=1S/C17H24O10/c1-24-15(23)9-6-25-16(11-7(4-18)2-3-8(9)11)27-17-14(22)13(21)12(20)10(5-19)26-17/h2,6,8,10-14,16-22H,3-5H2,1H3/t8-,10-,11-,12-,13-,14-,16+,17+/m0/s1. The molecule has 0 aromatic heterocycles. The van der Waals surface area contributed by atoms with Crippen molar-refractivity contribution in [2.24, 2.45) is 11.8 Å². The van der Waals surface area contributed by atoms with Crippen molar-refractivity contribution in [2.75, 3.05) is 20.3 Å². The van der Waals surface area contributed by atoms with E-state index in [9.17, 15) is 30.3 Å². The Hall–Kier alpha value is -1.53. The molecule has 3 aliphatic rings. The van der Waals surface area contributed by atoms with Crippen molar-refractivity contribution in [1.82, 2.24) is 0 Å². The van der Waals surface area contributed by atoms with E-state index >= 15 is 0 Å². The van der Waals surface area contributed by atoms with Gasteiger partial charge in [-0.3, -0.25) is 0 Å². The molecule has 10 nitrogen and oxygen atoms in total. The molecule has 1 saturated heterocycles. The van der Waals surface area contributed by atoms with Crippen LogP contribution in [-0.2, 0) is 23.7 Å². The van der Waals surface area contributed by atoms with Gasteiger partial charge in [0.25, 0.3) is 0 Å². The zero-order chi connectivity index (χ0) is 19.7. The molecule has 0 aromatic rings. The number of carbonyl (C=O) groups excluding carboxylic acids is 1. The first-order valence-corrected chi connectivity index (χ1v) is 8.62. The van der Waals surface area contributed by atoms with Gasteiger partial charge in [-0.15, -0.1) is 0 Å². The maximum Gasteiger partial charge on any atom is 0.337 e. The van der Waals surface area contributed by atoms with Gasteiger partial charge in [0, 0.05) is 5.92 Å². The van der Waals surface area contributed by atoms with Gasteiger partial charge in [0.2, 0.25) is 6.29 Å². The lowest BCUT2D eigenvalue weighted by atomic mass is 9.83. The summed E-state index contributed by atoms with van der Waals surface area (Å²) in [5.74, 6) is -1.42. The van der Waals surface area contributed by atoms with Crippen LogP contribution in [0.3, 0.4) is 0 Å². The number of carbonyl (C=O) groups is 1. The van der Waals surface area contributed by atoms with Crippen molar-refractivity contribution >= 4 is 5.97 Å². The lowest BCUT2D eigenvalue weighted by molar-refractivity contribution is -0.339. The number of hydrogen-bond acceptors (Lipinski definition) is 10. The summed E-state index contributed by atoms with van der Waals surface area (Å²) in [6.07, 6.45) is -4.73. The van der Waals surface area contributed by atoms with E-state index in [1.54, 1.807) is 6.08 Å². The van der Waals surface area contributed by atoms with Gasteiger partial charge in [0.1, 0.15) is 24.4 Å². The van der Waals surface area contributed by atoms with E-state index in [0.29, 0.717) is 17.6 Å². The molecule has 0 spiro atoms. The fraction of sp³-hybridized carbons (Fsp3) is 0.706. The predicted octanol–water partition coefficient (Wildman–Crippen LogP) is -2.23. The molecule has 1 fully saturated rings. The molecule has 0 unspecified atom stereocenters. The summed E-state index contributed by atoms with van der Waals surface area (Å²) in [4.78, 5) is 12.0. The fourth-order valence-electron chi connectivity index (χ4n) is 3.73. The van der Waals surface area contributed by atoms with Crippen LogP contribution >= 0.6 is 0 Å². The third kappa shape index (κ3) is 3.61. The zero-order valence-corrected chi connectivity index (χ0v) is 14.7. The minimum atomic E-state index is -1.59. The molecule has 152 valence electrons. The predicted molar refractivity (Wildman–Crippen MR) is 86.6 cm³/mol. The second kappa shape index (κ2) is 8.23. The summed E-state index contributed by atoms with van der Waals surface area (Å²) in [7, 11) is 1.25. The van der Waals surface area contributed by atoms with E-state index in [1.165, 1.54) is 13.4 Å². The van der Waals surface area contributed by atoms with Crippen molar-refractivity contribution in [2.45, 2.75) is 43.4 Å². The molecule has 2 heterocycles. The van der Waals surface area contributed by atoms with Gasteiger partial charge >= 0.3 is 5.97 Å². The van der Waals surface area contributed by atoms with Crippen LogP contribution in [-0.4, -0.2) is 88.8 Å². The number of hydrogen-bond donors (Lipinski definition) is 5. The Morgan fingerprint density at radius 2 is 1.93 bits per heavy atom. The third-order valence-electron chi connectivity index (χ3n) is 5.24. The largest absolute Gasteiger partial charge is 0.471 e. The van der Waals surface area contributed by atoms with E-state index in [4.69, 9.17) is 18.9 Å². The SMILES string of the molecule is COC(=O)C1=CO[C@H](O[C@H]2O[C@@H](CO)[C@H](O)[C@H](O)[C@@H]2O)[C@H]2C(CO)=CC[C@@H]12. The van der Waals surface area contributed by atoms with E-state index < -0.39 is 55.5 Å². The van der Waals surface area contributed by atoms with E-state index in [2.05, 4.69) is 0 Å². The molecule has 0 bridgehead atoms. The average molecular weight is 388 g/mol. The molecule has 8 atom stereocenters. The molecule has 10 heteroatoms. The molecule has 0 radical (unpaired) electrons. The van der Waals surface area contributed by atoms with Crippen LogP contribution in [0.5, 0.6) is 0 Å². The number of allylic oxidation sites excluding steroid dienone is 1. The van der Waals surface area contributed by atoms with Crippen molar-refractivity contribution in [3.63, 3.8) is 0 Å². The molecule has 2 aliphatic heterocycles. The first-order valence-electron chi connectivity index (χ1n) is 8.62. The topological polar surface area (TPSA) is 155 Å². The van der Waals surface area contributed by atoms with Gasteiger partial charge in [0.05, 0.1) is 38.1 Å². The number of aliphatic hydroxyl groups is 5. The molecule has 27 heavy (non-hydrogen) atoms. The third-order valence-corrected chi connectivity index (χ3v) is 5.24. The first-order chi connectivity index (χ1) is 12.9. The normalized spacial score (nSPS) is 41.3. The van der Waals surface area contributed by atoms with Gasteiger partial charge in [0.15, 0.2) is 6.29 Å². The minimum Gasteiger partial charge on any atom is -0.471 e. The van der Waals surface area contributed by atoms with Crippen LogP contribution in [0.1, 0.15) is 6.42 Å². The Balaban J connectivity index is 1.80. The monoisotopic (exact) mass is 388 g/mol. The maximum absolute atomic E-state index is 12.0. The van der Waals surface area contributed by atoms with Crippen LogP contribution in [0.2, 0.25) is 0 Å². The van der Waals surface area contributed by atoms with Crippen molar-refractivity contribution in [3.8, 4) is 0 Å². The summed E-state index contributed by atoms with van der Waals surface area (Å²) in [6, 6.07) is 0. The summed E-state index contributed by atoms with van der Waals surface area (Å²) < 4.78 is 21.3. The summed E-state index contributed by atoms with van der Waals surface area (Å²) in [5.41, 5.74) is 0.903. The van der Waals surface area contributed by atoms with Crippen LogP contribution in [0.15, 0.2) is 23.5 Å². The number of esters is 1. The van der Waals surface area contributed by atoms with Gasteiger partial charge in [-0.25, -0.2) is 4.79 Å². The molecule has 0 aromatic carbocycles. The smallest absolute Gasteiger partial charge is 0.337 e. The van der Waals surface area contributed by atoms with Gasteiger partial charge < -0.3 is 44.5 Å². The molecule has 3 rings (SSSR count). The highest BCUT2D eigenvalue weighted by molar-refractivity contribution is 5.89. The molecule has 5 N–H and O–H groups in total. The fourth-order valence-corrected chi connectivity index (χ4v) is 3.73. The molecular formula is C17H24O10. The summed E-state index contributed by atoms with van der Waals surface area (Å²) >= 11 is 0. The van der Waals surface area contributed by atoms with Crippen LogP contribution in [0.25, 0.3) is 0 Å². The second-order valence-corrected chi connectivity index (χ2v) is 6.71. The average Bonchev–Trinajstić information content (AvgIpc) is 3.12. The lowest BCUT2D eigenvalue weighted by Crippen LogP contribution is -2.60. The summed E-state index contributed by atoms with van der Waals surface area (Å²) in [5, 5.41) is 48.8. The van der Waals surface area contributed by atoms with Crippen molar-refractivity contribution < 1.29 is 49.3 Å². The number of methoxy groups -OCH3 is 1. The molecule has 0 amide bonds. The number of ether oxygens (including phenoxy) is 4. The van der Waals surface area contributed by atoms with Crippen LogP contribution < -0.4 is 0 Å². The Bertz CT molecular complexity index is 615. The highest BCUT2D eigenvalue weighted by Gasteiger charge is 2.49. The minimum absolute atomic E-state index is 0.270. The van der Waals surface area contributed by atoms with Crippen LogP contribution in [0.4, 0.5) is 0 Å². The zero-order valence-electron chi connectivity index (χ0n) is 14.7. The Morgan fingerprint density at radius 1 is 1.19 bits per heavy atom. The van der Waals surface area contributed by atoms with Gasteiger partial charge in [-0.1, -0.05) is 6.08 Å². The summed E-state index contributed by atoms with van der Waals surface area (Å²) in [6.45, 7) is -0.857.